The second kappa shape index (κ2) is 8.84. The number of carbonyl (C=O) groups excluding carboxylic acids is 2. The average molecular weight is 557 g/mol. The Morgan fingerprint density at radius 2 is 0.860 bits per heavy atom. The molecule has 0 fully saturated rings. The lowest BCUT2D eigenvalue weighted by atomic mass is 9.64. The Kier molecular flexibility index (Phi) is 5.32. The number of benzene rings is 5. The van der Waals surface area contributed by atoms with E-state index in [1.807, 2.05) is 36.4 Å². The molecule has 0 saturated carbocycles. The number of ketones is 2. The molecular weight excluding hydrogens is 524 g/mol. The molecule has 5 aromatic rings. The fourth-order valence-electron chi connectivity index (χ4n) is 9.30. The van der Waals surface area contributed by atoms with Crippen molar-refractivity contribution in [2.24, 2.45) is 5.92 Å². The zero-order chi connectivity index (χ0) is 29.6. The van der Waals surface area contributed by atoms with Crippen molar-refractivity contribution in [3.8, 4) is 0 Å². The van der Waals surface area contributed by atoms with E-state index in [-0.39, 0.29) is 33.4 Å². The molecule has 0 heterocycles. The minimum absolute atomic E-state index is 0.122. The first-order valence-corrected chi connectivity index (χ1v) is 15.1. The highest BCUT2D eigenvalue weighted by Crippen LogP contribution is 2.75. The predicted molar refractivity (Wildman–Crippen MR) is 172 cm³/mol. The zero-order valence-corrected chi connectivity index (χ0v) is 24.6. The Balaban J connectivity index is 1.35. The van der Waals surface area contributed by atoms with E-state index in [0.29, 0.717) is 17.0 Å². The van der Waals surface area contributed by atoms with E-state index >= 15 is 0 Å². The highest BCUT2D eigenvalue weighted by molar-refractivity contribution is 6.33. The van der Waals surface area contributed by atoms with Crippen molar-refractivity contribution in [1.29, 1.82) is 0 Å². The van der Waals surface area contributed by atoms with E-state index in [1.54, 1.807) is 30.3 Å². The van der Waals surface area contributed by atoms with Crippen LogP contribution in [-0.4, -0.2) is 11.6 Å². The van der Waals surface area contributed by atoms with Gasteiger partial charge in [-0.15, -0.1) is 0 Å². The van der Waals surface area contributed by atoms with Gasteiger partial charge in [-0.3, -0.25) is 9.59 Å². The lowest BCUT2D eigenvalue weighted by Crippen LogP contribution is -2.39. The van der Waals surface area contributed by atoms with E-state index in [0.717, 1.165) is 5.56 Å². The zero-order valence-electron chi connectivity index (χ0n) is 24.6. The summed E-state index contributed by atoms with van der Waals surface area (Å²) in [5.74, 6) is -0.219. The van der Waals surface area contributed by atoms with Gasteiger partial charge in [0.1, 0.15) is 0 Å². The third kappa shape index (κ3) is 3.19. The van der Waals surface area contributed by atoms with Crippen LogP contribution in [0.15, 0.2) is 133 Å². The number of hydrogen-bond acceptors (Lipinski definition) is 2. The van der Waals surface area contributed by atoms with Gasteiger partial charge in [-0.25, -0.2) is 0 Å². The molecule has 0 radical (unpaired) electrons. The molecule has 0 bridgehead atoms. The number of carbonyl (C=O) groups is 2. The second-order valence-electron chi connectivity index (χ2n) is 12.9. The average Bonchev–Trinajstić information content (AvgIpc) is 3.51. The van der Waals surface area contributed by atoms with Gasteiger partial charge in [-0.05, 0) is 50.9 Å². The predicted octanol–water partition coefficient (Wildman–Crippen LogP) is 8.71. The Morgan fingerprint density at radius 1 is 0.488 bits per heavy atom. The maximum absolute atomic E-state index is 13.9. The van der Waals surface area contributed by atoms with Crippen LogP contribution >= 0.6 is 0 Å². The molecular formula is C41H32O2. The SMILES string of the molecule is C[C@@]12c3ccccc3[C@@]3(C)c4ccc(C=C(C(=O)c5ccccc5)C(=O)c5ccccc5)cc4[C@@](C)(c4ccccc41)C23. The summed E-state index contributed by atoms with van der Waals surface area (Å²) in [7, 11) is 0. The van der Waals surface area contributed by atoms with Crippen LogP contribution in [0.5, 0.6) is 0 Å². The van der Waals surface area contributed by atoms with Crippen LogP contribution in [-0.2, 0) is 16.2 Å². The number of rotatable bonds is 5. The maximum Gasteiger partial charge on any atom is 0.196 e. The van der Waals surface area contributed by atoms with Crippen molar-refractivity contribution in [2.45, 2.75) is 37.0 Å². The number of hydrogen-bond donors (Lipinski definition) is 0. The molecule has 2 nitrogen and oxygen atoms in total. The number of allylic oxidation sites excluding steroid dienone is 1. The van der Waals surface area contributed by atoms with Gasteiger partial charge in [0.15, 0.2) is 11.6 Å². The van der Waals surface area contributed by atoms with Crippen molar-refractivity contribution >= 4 is 17.6 Å². The molecule has 8 rings (SSSR count). The summed E-state index contributed by atoms with van der Waals surface area (Å²) in [6, 6.07) is 42.7. The standard InChI is InChI=1S/C41H32O2/c1-39-30-18-10-11-19-31(30)40(2)34-23-22-26(25-35(34)41(3,38(39)40)33-21-13-12-20-32(33)39)24-29(36(42)27-14-6-4-7-15-27)37(43)28-16-8-5-9-17-28/h4-25,38H,1-3H3/t38?,39-,40+,41-/m1/s1. The topological polar surface area (TPSA) is 34.1 Å². The van der Waals surface area contributed by atoms with Gasteiger partial charge in [0.25, 0.3) is 0 Å². The highest BCUT2D eigenvalue weighted by atomic mass is 16.1. The molecule has 0 aromatic heterocycles. The largest absolute Gasteiger partial charge is 0.288 e. The monoisotopic (exact) mass is 556 g/mol. The van der Waals surface area contributed by atoms with Crippen LogP contribution in [0.1, 0.15) is 80.4 Å². The molecule has 1 unspecified atom stereocenters. The van der Waals surface area contributed by atoms with Gasteiger partial charge >= 0.3 is 0 Å². The van der Waals surface area contributed by atoms with Crippen LogP contribution in [0, 0.1) is 5.92 Å². The maximum atomic E-state index is 13.9. The van der Waals surface area contributed by atoms with Gasteiger partial charge in [-0.2, -0.15) is 0 Å². The van der Waals surface area contributed by atoms with E-state index in [4.69, 9.17) is 0 Å². The van der Waals surface area contributed by atoms with Crippen molar-refractivity contribution < 1.29 is 9.59 Å². The van der Waals surface area contributed by atoms with E-state index < -0.39 is 0 Å². The normalized spacial score (nSPS) is 25.3. The van der Waals surface area contributed by atoms with Gasteiger partial charge < -0.3 is 0 Å². The van der Waals surface area contributed by atoms with Crippen LogP contribution in [0.25, 0.3) is 6.08 Å². The van der Waals surface area contributed by atoms with E-state index in [1.165, 1.54) is 33.4 Å². The Bertz CT molecular complexity index is 1940. The smallest absolute Gasteiger partial charge is 0.196 e. The summed E-state index contributed by atoms with van der Waals surface area (Å²) < 4.78 is 0. The molecule has 3 aliphatic carbocycles. The molecule has 2 heteroatoms. The van der Waals surface area contributed by atoms with Crippen LogP contribution in [0.4, 0.5) is 0 Å². The Morgan fingerprint density at radius 3 is 1.30 bits per heavy atom. The molecule has 5 aromatic carbocycles. The summed E-state index contributed by atoms with van der Waals surface area (Å²) in [6.45, 7) is 7.28. The van der Waals surface area contributed by atoms with Crippen molar-refractivity contribution in [2.75, 3.05) is 0 Å². The lowest BCUT2D eigenvalue weighted by molar-refractivity contribution is 0.0964. The van der Waals surface area contributed by atoms with Crippen molar-refractivity contribution in [1.82, 2.24) is 0 Å². The summed E-state index contributed by atoms with van der Waals surface area (Å²) in [5, 5.41) is 0. The molecule has 43 heavy (non-hydrogen) atoms. The minimum Gasteiger partial charge on any atom is -0.288 e. The Labute approximate surface area is 252 Å². The summed E-state index contributed by atoms with van der Waals surface area (Å²) >= 11 is 0. The molecule has 4 atom stereocenters. The number of fused-ring (bicyclic) bond motifs is 9. The fraction of sp³-hybridized carbons (Fsp3) is 0.171. The second-order valence-corrected chi connectivity index (χ2v) is 12.9. The van der Waals surface area contributed by atoms with Gasteiger partial charge in [-0.1, -0.05) is 148 Å². The summed E-state index contributed by atoms with van der Waals surface area (Å²) in [5.41, 5.74) is 9.78. The molecule has 0 spiro atoms. The summed E-state index contributed by atoms with van der Waals surface area (Å²) in [6.07, 6.45) is 1.80. The third-order valence-corrected chi connectivity index (χ3v) is 10.9. The van der Waals surface area contributed by atoms with Gasteiger partial charge in [0.05, 0.1) is 5.57 Å². The van der Waals surface area contributed by atoms with Crippen LogP contribution < -0.4 is 0 Å². The first-order valence-electron chi connectivity index (χ1n) is 15.1. The highest BCUT2D eigenvalue weighted by Gasteiger charge is 2.72. The fourth-order valence-corrected chi connectivity index (χ4v) is 9.30. The van der Waals surface area contributed by atoms with E-state index in [9.17, 15) is 9.59 Å². The third-order valence-electron chi connectivity index (χ3n) is 10.9. The molecule has 0 amide bonds. The quantitative estimate of drug-likeness (QED) is 0.0939. The Hall–Kier alpha value is -4.82. The van der Waals surface area contributed by atoms with Crippen molar-refractivity contribution in [3.05, 3.63) is 183 Å². The van der Waals surface area contributed by atoms with Gasteiger partial charge in [0, 0.05) is 27.4 Å². The number of Topliss-reactive ketones (excluding diaryl/α,β-unsaturated/α-hetero) is 2. The molecule has 0 saturated heterocycles. The molecule has 0 N–H and O–H groups in total. The lowest BCUT2D eigenvalue weighted by Gasteiger charge is -2.37. The van der Waals surface area contributed by atoms with Crippen molar-refractivity contribution in [3.63, 3.8) is 0 Å². The van der Waals surface area contributed by atoms with Gasteiger partial charge in [0.2, 0.25) is 0 Å². The molecule has 208 valence electrons. The first kappa shape index (κ1) is 25.9. The van der Waals surface area contributed by atoms with Crippen LogP contribution in [0.3, 0.4) is 0 Å². The van der Waals surface area contributed by atoms with E-state index in [2.05, 4.69) is 87.5 Å². The van der Waals surface area contributed by atoms with Crippen LogP contribution in [0.2, 0.25) is 0 Å². The minimum atomic E-state index is -0.266. The summed E-state index contributed by atoms with van der Waals surface area (Å²) in [4.78, 5) is 27.7. The molecule has 0 aliphatic heterocycles. The first-order chi connectivity index (χ1) is 20.8. The molecule has 3 aliphatic rings.